The second kappa shape index (κ2) is 4.54. The lowest BCUT2D eigenvalue weighted by Crippen LogP contribution is -2.31. The molecule has 0 aromatic carbocycles. The molecule has 88 valence electrons. The summed E-state index contributed by atoms with van der Waals surface area (Å²) in [6.07, 6.45) is 3.79. The fourth-order valence-corrected chi connectivity index (χ4v) is 2.44. The highest BCUT2D eigenvalue weighted by Crippen LogP contribution is 2.39. The van der Waals surface area contributed by atoms with Gasteiger partial charge in [0.25, 0.3) is 0 Å². The SMILES string of the molecule is C[C@H]1C[C@@H](C(C)(C)C)CC/C1=N\N(C)C. The van der Waals surface area contributed by atoms with Gasteiger partial charge in [-0.1, -0.05) is 27.7 Å². The maximum absolute atomic E-state index is 4.58. The molecule has 2 atom stereocenters. The molecule has 2 nitrogen and oxygen atoms in total. The molecule has 0 heterocycles. The highest BCUT2D eigenvalue weighted by Gasteiger charge is 2.31. The van der Waals surface area contributed by atoms with Crippen LogP contribution in [0.5, 0.6) is 0 Å². The summed E-state index contributed by atoms with van der Waals surface area (Å²) in [7, 11) is 4.02. The number of nitrogens with zero attached hydrogens (tertiary/aromatic N) is 2. The topological polar surface area (TPSA) is 15.6 Å². The Bertz CT molecular complexity index is 235. The van der Waals surface area contributed by atoms with Gasteiger partial charge in [-0.2, -0.15) is 5.10 Å². The van der Waals surface area contributed by atoms with Crippen molar-refractivity contribution in [3.8, 4) is 0 Å². The third-order valence-electron chi connectivity index (χ3n) is 3.51. The van der Waals surface area contributed by atoms with Gasteiger partial charge >= 0.3 is 0 Å². The summed E-state index contributed by atoms with van der Waals surface area (Å²) < 4.78 is 0. The first-order valence-electron chi connectivity index (χ1n) is 6.05. The zero-order chi connectivity index (χ0) is 11.6. The third kappa shape index (κ3) is 3.51. The van der Waals surface area contributed by atoms with E-state index in [1.165, 1.54) is 25.0 Å². The Labute approximate surface area is 94.7 Å². The van der Waals surface area contributed by atoms with Gasteiger partial charge in [-0.15, -0.1) is 0 Å². The van der Waals surface area contributed by atoms with Crippen molar-refractivity contribution in [2.45, 2.75) is 47.0 Å². The Balaban J connectivity index is 2.63. The molecular weight excluding hydrogens is 184 g/mol. The molecule has 0 aromatic heterocycles. The van der Waals surface area contributed by atoms with Crippen LogP contribution < -0.4 is 0 Å². The summed E-state index contributed by atoms with van der Waals surface area (Å²) >= 11 is 0. The molecule has 0 bridgehead atoms. The van der Waals surface area contributed by atoms with E-state index in [0.29, 0.717) is 11.3 Å². The zero-order valence-electron chi connectivity index (χ0n) is 11.2. The third-order valence-corrected chi connectivity index (χ3v) is 3.51. The quantitative estimate of drug-likeness (QED) is 0.606. The van der Waals surface area contributed by atoms with E-state index in [0.717, 1.165) is 5.92 Å². The second-order valence-corrected chi connectivity index (χ2v) is 6.18. The number of rotatable bonds is 1. The zero-order valence-corrected chi connectivity index (χ0v) is 11.2. The Morgan fingerprint density at radius 3 is 2.27 bits per heavy atom. The largest absolute Gasteiger partial charge is 0.303 e. The van der Waals surface area contributed by atoms with Crippen LogP contribution in [0.4, 0.5) is 0 Å². The minimum Gasteiger partial charge on any atom is -0.303 e. The highest BCUT2D eigenvalue weighted by atomic mass is 15.4. The van der Waals surface area contributed by atoms with Crippen molar-refractivity contribution in [1.29, 1.82) is 0 Å². The molecule has 0 N–H and O–H groups in total. The maximum atomic E-state index is 4.58. The summed E-state index contributed by atoms with van der Waals surface area (Å²) in [5.74, 6) is 1.51. The lowest BCUT2D eigenvalue weighted by atomic mass is 9.69. The lowest BCUT2D eigenvalue weighted by Gasteiger charge is -2.37. The van der Waals surface area contributed by atoms with Gasteiger partial charge < -0.3 is 5.01 Å². The van der Waals surface area contributed by atoms with Crippen molar-refractivity contribution in [2.75, 3.05) is 14.1 Å². The van der Waals surface area contributed by atoms with E-state index in [9.17, 15) is 0 Å². The molecule has 0 amide bonds. The van der Waals surface area contributed by atoms with Crippen LogP contribution >= 0.6 is 0 Å². The van der Waals surface area contributed by atoms with Gasteiger partial charge in [0.1, 0.15) is 0 Å². The average molecular weight is 210 g/mol. The molecule has 0 aromatic rings. The van der Waals surface area contributed by atoms with Crippen molar-refractivity contribution in [1.82, 2.24) is 5.01 Å². The molecule has 0 unspecified atom stereocenters. The molecule has 1 aliphatic carbocycles. The van der Waals surface area contributed by atoms with Gasteiger partial charge in [-0.05, 0) is 36.5 Å². The van der Waals surface area contributed by atoms with E-state index < -0.39 is 0 Å². The molecule has 0 spiro atoms. The van der Waals surface area contributed by atoms with Crippen LogP contribution in [0.2, 0.25) is 0 Å². The van der Waals surface area contributed by atoms with Crippen molar-refractivity contribution in [3.05, 3.63) is 0 Å². The van der Waals surface area contributed by atoms with E-state index in [1.807, 2.05) is 19.1 Å². The Morgan fingerprint density at radius 2 is 1.87 bits per heavy atom. The van der Waals surface area contributed by atoms with E-state index in [4.69, 9.17) is 0 Å². The molecule has 1 rings (SSSR count). The van der Waals surface area contributed by atoms with Crippen molar-refractivity contribution < 1.29 is 0 Å². The first kappa shape index (κ1) is 12.5. The van der Waals surface area contributed by atoms with Gasteiger partial charge in [0, 0.05) is 19.8 Å². The van der Waals surface area contributed by atoms with E-state index in [1.54, 1.807) is 0 Å². The van der Waals surface area contributed by atoms with Gasteiger partial charge in [0.15, 0.2) is 0 Å². The van der Waals surface area contributed by atoms with Crippen molar-refractivity contribution >= 4 is 5.71 Å². The molecule has 0 saturated heterocycles. The first-order valence-corrected chi connectivity index (χ1v) is 6.05. The van der Waals surface area contributed by atoms with E-state index in [-0.39, 0.29) is 0 Å². The monoisotopic (exact) mass is 210 g/mol. The first-order chi connectivity index (χ1) is 6.80. The van der Waals surface area contributed by atoms with Crippen LogP contribution in [0.15, 0.2) is 5.10 Å². The Kier molecular flexibility index (Phi) is 3.80. The predicted octanol–water partition coefficient (Wildman–Crippen LogP) is 3.39. The summed E-state index contributed by atoms with van der Waals surface area (Å²) in [4.78, 5) is 0. The standard InChI is InChI=1S/C13H26N2/c1-10-9-11(13(2,3)4)7-8-12(10)14-15(5)6/h10-11H,7-9H2,1-6H3/b14-12+/t10-,11-/m0/s1. The smallest absolute Gasteiger partial charge is 0.0408 e. The molecule has 0 aliphatic heterocycles. The minimum atomic E-state index is 0.456. The fourth-order valence-electron chi connectivity index (χ4n) is 2.44. The minimum absolute atomic E-state index is 0.456. The highest BCUT2D eigenvalue weighted by molar-refractivity contribution is 5.87. The molecule has 0 radical (unpaired) electrons. The Morgan fingerprint density at radius 1 is 1.27 bits per heavy atom. The molecular formula is C13H26N2. The van der Waals surface area contributed by atoms with Gasteiger partial charge in [0.05, 0.1) is 0 Å². The van der Waals surface area contributed by atoms with Crippen LogP contribution in [0.3, 0.4) is 0 Å². The van der Waals surface area contributed by atoms with Gasteiger partial charge in [-0.25, -0.2) is 0 Å². The van der Waals surface area contributed by atoms with Crippen LogP contribution in [0, 0.1) is 17.3 Å². The van der Waals surface area contributed by atoms with E-state index >= 15 is 0 Å². The van der Waals surface area contributed by atoms with Crippen LogP contribution in [-0.2, 0) is 0 Å². The summed E-state index contributed by atoms with van der Waals surface area (Å²) in [6.45, 7) is 9.40. The lowest BCUT2D eigenvalue weighted by molar-refractivity contribution is 0.189. The van der Waals surface area contributed by atoms with Crippen molar-refractivity contribution in [2.24, 2.45) is 22.4 Å². The average Bonchev–Trinajstić information content (AvgIpc) is 2.05. The summed E-state index contributed by atoms with van der Waals surface area (Å²) in [6, 6.07) is 0. The number of hydrogen-bond acceptors (Lipinski definition) is 2. The normalized spacial score (nSPS) is 30.7. The second-order valence-electron chi connectivity index (χ2n) is 6.18. The Hall–Kier alpha value is -0.530. The maximum Gasteiger partial charge on any atom is 0.0408 e. The molecule has 2 heteroatoms. The predicted molar refractivity (Wildman–Crippen MR) is 67.1 cm³/mol. The fraction of sp³-hybridized carbons (Fsp3) is 0.923. The summed E-state index contributed by atoms with van der Waals surface area (Å²) in [5.41, 5.74) is 1.85. The summed E-state index contributed by atoms with van der Waals surface area (Å²) in [5, 5.41) is 6.52. The van der Waals surface area contributed by atoms with E-state index in [2.05, 4.69) is 32.8 Å². The molecule has 1 saturated carbocycles. The van der Waals surface area contributed by atoms with Crippen LogP contribution in [-0.4, -0.2) is 24.8 Å². The number of hydrazone groups is 1. The molecule has 1 aliphatic rings. The molecule has 1 fully saturated rings. The van der Waals surface area contributed by atoms with Crippen LogP contribution in [0.25, 0.3) is 0 Å². The van der Waals surface area contributed by atoms with Crippen LogP contribution in [0.1, 0.15) is 47.0 Å². The van der Waals surface area contributed by atoms with Gasteiger partial charge in [-0.3, -0.25) is 0 Å². The molecule has 15 heavy (non-hydrogen) atoms. The van der Waals surface area contributed by atoms with Gasteiger partial charge in [0.2, 0.25) is 0 Å². The number of hydrogen-bond donors (Lipinski definition) is 0. The van der Waals surface area contributed by atoms with Crippen molar-refractivity contribution in [3.63, 3.8) is 0 Å².